The van der Waals surface area contributed by atoms with Gasteiger partial charge < -0.3 is 19.8 Å². The van der Waals surface area contributed by atoms with Crippen LogP contribution in [0.3, 0.4) is 0 Å². The normalized spacial score (nSPS) is 13.7. The van der Waals surface area contributed by atoms with Gasteiger partial charge in [-0.25, -0.2) is 0 Å². The number of hydrogen-bond acceptors (Lipinski definition) is 5. The number of amides is 2. The molecule has 2 amide bonds. The van der Waals surface area contributed by atoms with E-state index >= 15 is 0 Å². The number of nitrogens with zero attached hydrogens (tertiary/aromatic N) is 1. The highest BCUT2D eigenvalue weighted by molar-refractivity contribution is 6.05. The molecule has 7 nitrogen and oxygen atoms in total. The summed E-state index contributed by atoms with van der Waals surface area (Å²) in [6.07, 6.45) is 4.91. The quantitative estimate of drug-likeness (QED) is 0.377. The largest absolute Gasteiger partial charge is 0.497 e. The zero-order valence-corrected chi connectivity index (χ0v) is 19.3. The lowest BCUT2D eigenvalue weighted by molar-refractivity contribution is -0.117. The fourth-order valence-electron chi connectivity index (χ4n) is 3.96. The third kappa shape index (κ3) is 6.14. The maximum absolute atomic E-state index is 12.9. The third-order valence-corrected chi connectivity index (χ3v) is 5.82. The lowest BCUT2D eigenvalue weighted by Gasteiger charge is -2.28. The maximum atomic E-state index is 12.9. The van der Waals surface area contributed by atoms with E-state index in [1.54, 1.807) is 43.5 Å². The number of rotatable bonds is 9. The molecule has 3 aromatic rings. The number of methoxy groups -OCH3 is 1. The molecule has 0 atom stereocenters. The Morgan fingerprint density at radius 3 is 2.59 bits per heavy atom. The number of benzene rings is 2. The van der Waals surface area contributed by atoms with Gasteiger partial charge in [-0.15, -0.1) is 0 Å². The summed E-state index contributed by atoms with van der Waals surface area (Å²) >= 11 is 0. The van der Waals surface area contributed by atoms with E-state index in [4.69, 9.17) is 9.15 Å². The third-order valence-electron chi connectivity index (χ3n) is 5.82. The van der Waals surface area contributed by atoms with Crippen molar-refractivity contribution in [3.63, 3.8) is 0 Å². The van der Waals surface area contributed by atoms with Gasteiger partial charge in [0.1, 0.15) is 17.2 Å². The number of carbonyl (C=O) groups excluding carboxylic acids is 2. The first-order valence-electron chi connectivity index (χ1n) is 11.4. The van der Waals surface area contributed by atoms with E-state index in [0.29, 0.717) is 23.6 Å². The van der Waals surface area contributed by atoms with Gasteiger partial charge in [-0.2, -0.15) is 0 Å². The van der Waals surface area contributed by atoms with Crippen molar-refractivity contribution in [1.82, 2.24) is 15.5 Å². The van der Waals surface area contributed by atoms with Gasteiger partial charge in [-0.3, -0.25) is 14.5 Å². The van der Waals surface area contributed by atoms with Crippen LogP contribution in [0.2, 0.25) is 0 Å². The van der Waals surface area contributed by atoms with Gasteiger partial charge in [0, 0.05) is 37.8 Å². The fraction of sp³-hybridized carbons (Fsp3) is 0.259. The molecule has 4 rings (SSSR count). The van der Waals surface area contributed by atoms with Crippen LogP contribution >= 0.6 is 0 Å². The fourth-order valence-corrected chi connectivity index (χ4v) is 3.96. The Balaban J connectivity index is 1.32. The smallest absolute Gasteiger partial charge is 0.267 e. The number of furan rings is 1. The summed E-state index contributed by atoms with van der Waals surface area (Å²) in [5, 5.41) is 5.63. The highest BCUT2D eigenvalue weighted by atomic mass is 16.5. The summed E-state index contributed by atoms with van der Waals surface area (Å²) in [4.78, 5) is 28.0. The molecule has 7 heteroatoms. The van der Waals surface area contributed by atoms with Gasteiger partial charge in [0.25, 0.3) is 11.8 Å². The number of nitrogens with one attached hydrogen (secondary N) is 2. The van der Waals surface area contributed by atoms with Crippen LogP contribution in [0.25, 0.3) is 6.08 Å². The molecule has 0 fully saturated rings. The van der Waals surface area contributed by atoms with Crippen molar-refractivity contribution in [2.45, 2.75) is 19.4 Å². The van der Waals surface area contributed by atoms with E-state index in [1.807, 2.05) is 0 Å². The number of ether oxygens (including phenoxy) is 1. The second kappa shape index (κ2) is 11.3. The molecule has 2 N–H and O–H groups in total. The lowest BCUT2D eigenvalue weighted by Crippen LogP contribution is -2.37. The standard InChI is InChI=1S/C27H29N3O4/c1-33-23-11-9-21(10-12-23)26(31)29-25(18-24-8-4-17-34-24)27(32)28-14-5-15-30-16-13-20-6-2-3-7-22(20)19-30/h2-4,6-12,17-18H,5,13-16,19H2,1H3,(H,28,32)(H,29,31)/b25-18-. The van der Waals surface area contributed by atoms with Crippen LogP contribution in [-0.4, -0.2) is 43.5 Å². The summed E-state index contributed by atoms with van der Waals surface area (Å²) in [6, 6.07) is 18.7. The molecule has 0 saturated heterocycles. The van der Waals surface area contributed by atoms with E-state index < -0.39 is 0 Å². The molecule has 0 radical (unpaired) electrons. The Hall–Kier alpha value is -3.84. The van der Waals surface area contributed by atoms with Gasteiger partial charge in [0.05, 0.1) is 13.4 Å². The average molecular weight is 460 g/mol. The average Bonchev–Trinajstić information content (AvgIpc) is 3.39. The van der Waals surface area contributed by atoms with Crippen LogP contribution in [0.1, 0.15) is 33.7 Å². The number of fused-ring (bicyclic) bond motifs is 1. The van der Waals surface area contributed by atoms with E-state index in [1.165, 1.54) is 23.5 Å². The molecule has 34 heavy (non-hydrogen) atoms. The Morgan fingerprint density at radius 1 is 1.06 bits per heavy atom. The SMILES string of the molecule is COc1ccc(C(=O)N/C(=C\c2ccco2)C(=O)NCCCN2CCc3ccccc3C2)cc1. The summed E-state index contributed by atoms with van der Waals surface area (Å²) in [5.41, 5.74) is 3.35. The monoisotopic (exact) mass is 459 g/mol. The summed E-state index contributed by atoms with van der Waals surface area (Å²) in [7, 11) is 1.56. The molecule has 176 valence electrons. The summed E-state index contributed by atoms with van der Waals surface area (Å²) < 4.78 is 10.5. The van der Waals surface area contributed by atoms with E-state index in [-0.39, 0.29) is 17.5 Å². The molecule has 1 aliphatic rings. The van der Waals surface area contributed by atoms with E-state index in [0.717, 1.165) is 32.5 Å². The van der Waals surface area contributed by atoms with Gasteiger partial charge >= 0.3 is 0 Å². The van der Waals surface area contributed by atoms with Gasteiger partial charge in [0.2, 0.25) is 0 Å². The van der Waals surface area contributed by atoms with Gasteiger partial charge in [-0.05, 0) is 60.4 Å². The number of hydrogen-bond donors (Lipinski definition) is 2. The molecule has 0 saturated carbocycles. The van der Waals surface area contributed by atoms with Crippen molar-refractivity contribution in [2.24, 2.45) is 0 Å². The number of carbonyl (C=O) groups is 2. The maximum Gasteiger partial charge on any atom is 0.267 e. The first-order valence-corrected chi connectivity index (χ1v) is 11.4. The van der Waals surface area contributed by atoms with E-state index in [9.17, 15) is 9.59 Å². The predicted octanol–water partition coefficient (Wildman–Crippen LogP) is 3.62. The van der Waals surface area contributed by atoms with Crippen molar-refractivity contribution in [2.75, 3.05) is 26.7 Å². The Morgan fingerprint density at radius 2 is 1.85 bits per heavy atom. The molecule has 0 bridgehead atoms. The van der Waals surface area contributed by atoms with Crippen molar-refractivity contribution in [3.8, 4) is 5.75 Å². The van der Waals surface area contributed by atoms with Gasteiger partial charge in [0.15, 0.2) is 0 Å². The van der Waals surface area contributed by atoms with E-state index in [2.05, 4.69) is 39.8 Å². The van der Waals surface area contributed by atoms with Crippen LogP contribution in [0.4, 0.5) is 0 Å². The predicted molar refractivity (Wildman–Crippen MR) is 130 cm³/mol. The van der Waals surface area contributed by atoms with Crippen molar-refractivity contribution >= 4 is 17.9 Å². The highest BCUT2D eigenvalue weighted by Gasteiger charge is 2.17. The van der Waals surface area contributed by atoms with Gasteiger partial charge in [-0.1, -0.05) is 24.3 Å². The molecular formula is C27H29N3O4. The molecule has 2 aromatic carbocycles. The molecule has 1 aliphatic heterocycles. The summed E-state index contributed by atoms with van der Waals surface area (Å²) in [6.45, 7) is 3.35. The molecule has 0 aliphatic carbocycles. The Labute approximate surface area is 199 Å². The van der Waals surface area contributed by atoms with Crippen LogP contribution in [0.15, 0.2) is 77.0 Å². The molecular weight excluding hydrogens is 430 g/mol. The molecule has 0 spiro atoms. The second-order valence-corrected chi connectivity index (χ2v) is 8.16. The van der Waals surface area contributed by atoms with Crippen LogP contribution in [-0.2, 0) is 17.8 Å². The van der Waals surface area contributed by atoms with Crippen LogP contribution < -0.4 is 15.4 Å². The Bertz CT molecular complexity index is 1140. The topological polar surface area (TPSA) is 83.8 Å². The first kappa shape index (κ1) is 23.3. The van der Waals surface area contributed by atoms with Crippen molar-refractivity contribution in [3.05, 3.63) is 95.1 Å². The minimum atomic E-state index is -0.386. The minimum absolute atomic E-state index is 0.127. The second-order valence-electron chi connectivity index (χ2n) is 8.16. The first-order chi connectivity index (χ1) is 16.6. The molecule has 0 unspecified atom stereocenters. The summed E-state index contributed by atoms with van der Waals surface area (Å²) in [5.74, 6) is 0.384. The highest BCUT2D eigenvalue weighted by Crippen LogP contribution is 2.18. The zero-order valence-electron chi connectivity index (χ0n) is 19.3. The van der Waals surface area contributed by atoms with Crippen molar-refractivity contribution in [1.29, 1.82) is 0 Å². The lowest BCUT2D eigenvalue weighted by atomic mass is 10.00. The zero-order chi connectivity index (χ0) is 23.8. The molecule has 2 heterocycles. The van der Waals surface area contributed by atoms with Crippen LogP contribution in [0.5, 0.6) is 5.75 Å². The molecule has 1 aromatic heterocycles. The van der Waals surface area contributed by atoms with Crippen molar-refractivity contribution < 1.29 is 18.7 Å². The minimum Gasteiger partial charge on any atom is -0.497 e. The van der Waals surface area contributed by atoms with Crippen LogP contribution in [0, 0.1) is 0 Å². The Kier molecular flexibility index (Phi) is 7.78.